The lowest BCUT2D eigenvalue weighted by Gasteiger charge is -2.23. The van der Waals surface area contributed by atoms with Crippen molar-refractivity contribution in [1.82, 2.24) is 0 Å². The van der Waals surface area contributed by atoms with E-state index in [-0.39, 0.29) is 5.41 Å². The first-order valence-corrected chi connectivity index (χ1v) is 6.74. The first-order chi connectivity index (χ1) is 8.30. The van der Waals surface area contributed by atoms with Gasteiger partial charge in [-0.3, -0.25) is 0 Å². The Labute approximate surface area is 116 Å². The van der Waals surface area contributed by atoms with Crippen molar-refractivity contribution < 1.29 is 4.74 Å². The number of ether oxygens (including phenoxy) is 1. The molecule has 1 rings (SSSR count). The quantitative estimate of drug-likeness (QED) is 0.650. The van der Waals surface area contributed by atoms with E-state index in [1.165, 1.54) is 11.1 Å². The molecule has 0 aliphatic heterocycles. The molecule has 2 N–H and O–H groups in total. The lowest BCUT2D eigenvalue weighted by Crippen LogP contribution is -2.15. The summed E-state index contributed by atoms with van der Waals surface area (Å²) in [7, 11) is 0. The Hall–Kier alpha value is -1.09. The molecule has 0 amide bonds. The van der Waals surface area contributed by atoms with E-state index in [4.69, 9.17) is 22.7 Å². The van der Waals surface area contributed by atoms with Gasteiger partial charge in [-0.2, -0.15) is 0 Å². The average Bonchev–Trinajstić information content (AvgIpc) is 2.24. The zero-order valence-corrected chi connectivity index (χ0v) is 12.6. The summed E-state index contributed by atoms with van der Waals surface area (Å²) in [4.78, 5) is 0.554. The van der Waals surface area contributed by atoms with E-state index in [9.17, 15) is 0 Å². The Morgan fingerprint density at radius 3 is 2.56 bits per heavy atom. The van der Waals surface area contributed by atoms with Crippen molar-refractivity contribution in [2.75, 3.05) is 6.61 Å². The standard InChI is InChI=1S/C15H23NOS/c1-11-7-8-13(12(10-11)15(2,3)4)17-9-5-6-14(16)18/h7-8,10H,5-6,9H2,1-4H3,(H2,16,18). The molecule has 0 unspecified atom stereocenters. The molecule has 0 fully saturated rings. The van der Waals surface area contributed by atoms with E-state index in [1.54, 1.807) is 0 Å². The normalized spacial score (nSPS) is 11.3. The number of nitrogens with two attached hydrogens (primary N) is 1. The van der Waals surface area contributed by atoms with Crippen LogP contribution in [0.1, 0.15) is 44.7 Å². The fraction of sp³-hybridized carbons (Fsp3) is 0.533. The highest BCUT2D eigenvalue weighted by Gasteiger charge is 2.18. The third-order valence-electron chi connectivity index (χ3n) is 2.77. The van der Waals surface area contributed by atoms with Gasteiger partial charge in [0.05, 0.1) is 11.6 Å². The van der Waals surface area contributed by atoms with Gasteiger partial charge in [-0.15, -0.1) is 0 Å². The van der Waals surface area contributed by atoms with E-state index in [0.717, 1.165) is 18.6 Å². The monoisotopic (exact) mass is 265 g/mol. The molecule has 0 atom stereocenters. The second kappa shape index (κ2) is 6.19. The van der Waals surface area contributed by atoms with E-state index in [1.807, 2.05) is 0 Å². The molecule has 0 aromatic heterocycles. The highest BCUT2D eigenvalue weighted by Crippen LogP contribution is 2.32. The largest absolute Gasteiger partial charge is 0.493 e. The third-order valence-corrected chi connectivity index (χ3v) is 2.97. The van der Waals surface area contributed by atoms with Gasteiger partial charge < -0.3 is 10.5 Å². The average molecular weight is 265 g/mol. The van der Waals surface area contributed by atoms with Gasteiger partial charge in [0.1, 0.15) is 5.75 Å². The van der Waals surface area contributed by atoms with Gasteiger partial charge in [-0.05, 0) is 30.4 Å². The number of thiocarbonyl (C=S) groups is 1. The van der Waals surface area contributed by atoms with Crippen LogP contribution in [0.5, 0.6) is 5.75 Å². The highest BCUT2D eigenvalue weighted by atomic mass is 32.1. The molecule has 3 heteroatoms. The van der Waals surface area contributed by atoms with Gasteiger partial charge in [0.15, 0.2) is 0 Å². The molecule has 2 nitrogen and oxygen atoms in total. The summed E-state index contributed by atoms with van der Waals surface area (Å²) in [6.45, 7) is 9.35. The molecule has 0 aliphatic rings. The molecule has 0 radical (unpaired) electrons. The summed E-state index contributed by atoms with van der Waals surface area (Å²) in [5.74, 6) is 0.969. The SMILES string of the molecule is Cc1ccc(OCCCC(N)=S)c(C(C)(C)C)c1. The minimum absolute atomic E-state index is 0.0878. The van der Waals surface area contributed by atoms with Crippen LogP contribution in [0.15, 0.2) is 18.2 Å². The predicted octanol–water partition coefficient (Wildman–Crippen LogP) is 3.74. The van der Waals surface area contributed by atoms with Crippen molar-refractivity contribution in [3.63, 3.8) is 0 Å². The van der Waals surface area contributed by atoms with Crippen LogP contribution in [-0.4, -0.2) is 11.6 Å². The van der Waals surface area contributed by atoms with Crippen molar-refractivity contribution in [3.05, 3.63) is 29.3 Å². The predicted molar refractivity (Wildman–Crippen MR) is 81.4 cm³/mol. The Kier molecular flexibility index (Phi) is 5.15. The molecule has 0 saturated heterocycles. The number of rotatable bonds is 5. The molecule has 0 spiro atoms. The topological polar surface area (TPSA) is 35.2 Å². The summed E-state index contributed by atoms with van der Waals surface area (Å²) in [5.41, 5.74) is 8.06. The van der Waals surface area contributed by atoms with Crippen LogP contribution in [0.2, 0.25) is 0 Å². The molecule has 0 saturated carbocycles. The molecular formula is C15H23NOS. The van der Waals surface area contributed by atoms with Crippen molar-refractivity contribution in [2.24, 2.45) is 5.73 Å². The first kappa shape index (κ1) is 15.0. The third kappa shape index (κ3) is 4.65. The van der Waals surface area contributed by atoms with Gasteiger partial charge in [0, 0.05) is 6.42 Å². The Morgan fingerprint density at radius 1 is 1.33 bits per heavy atom. The van der Waals surface area contributed by atoms with Crippen molar-refractivity contribution in [3.8, 4) is 5.75 Å². The maximum atomic E-state index is 5.85. The van der Waals surface area contributed by atoms with Crippen LogP contribution in [0.4, 0.5) is 0 Å². The zero-order valence-electron chi connectivity index (χ0n) is 11.7. The van der Waals surface area contributed by atoms with Crippen molar-refractivity contribution in [1.29, 1.82) is 0 Å². The number of benzene rings is 1. The first-order valence-electron chi connectivity index (χ1n) is 6.33. The number of aryl methyl sites for hydroxylation is 1. The summed E-state index contributed by atoms with van der Waals surface area (Å²) in [6.07, 6.45) is 1.61. The summed E-state index contributed by atoms with van der Waals surface area (Å²) >= 11 is 4.85. The second-order valence-electron chi connectivity index (χ2n) is 5.67. The highest BCUT2D eigenvalue weighted by molar-refractivity contribution is 7.80. The number of hydrogen-bond donors (Lipinski definition) is 1. The van der Waals surface area contributed by atoms with Crippen LogP contribution in [0, 0.1) is 6.92 Å². The van der Waals surface area contributed by atoms with Crippen molar-refractivity contribution >= 4 is 17.2 Å². The van der Waals surface area contributed by atoms with Crippen molar-refractivity contribution in [2.45, 2.75) is 46.0 Å². The molecule has 18 heavy (non-hydrogen) atoms. The fourth-order valence-electron chi connectivity index (χ4n) is 1.78. The fourth-order valence-corrected chi connectivity index (χ4v) is 1.93. The lowest BCUT2D eigenvalue weighted by molar-refractivity contribution is 0.305. The summed E-state index contributed by atoms with van der Waals surface area (Å²) in [6, 6.07) is 6.33. The van der Waals surface area contributed by atoms with Crippen LogP contribution in [0.25, 0.3) is 0 Å². The summed E-state index contributed by atoms with van der Waals surface area (Å²) in [5, 5.41) is 0. The maximum absolute atomic E-state index is 5.85. The van der Waals surface area contributed by atoms with E-state index >= 15 is 0 Å². The molecule has 100 valence electrons. The van der Waals surface area contributed by atoms with Gasteiger partial charge >= 0.3 is 0 Å². The van der Waals surface area contributed by atoms with Crippen LogP contribution < -0.4 is 10.5 Å². The second-order valence-corrected chi connectivity index (χ2v) is 6.19. The van der Waals surface area contributed by atoms with Crippen LogP contribution in [0.3, 0.4) is 0 Å². The molecule has 0 heterocycles. The Balaban J connectivity index is 2.73. The molecule has 0 aliphatic carbocycles. The zero-order chi connectivity index (χ0) is 13.8. The van der Waals surface area contributed by atoms with E-state index < -0.39 is 0 Å². The molecule has 0 bridgehead atoms. The Bertz CT molecular complexity index is 421. The smallest absolute Gasteiger partial charge is 0.123 e. The molecule has 1 aromatic rings. The van der Waals surface area contributed by atoms with Crippen LogP contribution >= 0.6 is 12.2 Å². The van der Waals surface area contributed by atoms with Gasteiger partial charge in [-0.1, -0.05) is 50.7 Å². The molecule has 1 aromatic carbocycles. The van der Waals surface area contributed by atoms with Gasteiger partial charge in [0.25, 0.3) is 0 Å². The minimum Gasteiger partial charge on any atom is -0.493 e. The van der Waals surface area contributed by atoms with Crippen LogP contribution in [-0.2, 0) is 5.41 Å². The van der Waals surface area contributed by atoms with Gasteiger partial charge in [-0.25, -0.2) is 0 Å². The van der Waals surface area contributed by atoms with E-state index in [0.29, 0.717) is 11.6 Å². The lowest BCUT2D eigenvalue weighted by atomic mass is 9.85. The van der Waals surface area contributed by atoms with Gasteiger partial charge in [0.2, 0.25) is 0 Å². The maximum Gasteiger partial charge on any atom is 0.123 e. The minimum atomic E-state index is 0.0878. The summed E-state index contributed by atoms with van der Waals surface area (Å²) < 4.78 is 5.85. The van der Waals surface area contributed by atoms with E-state index in [2.05, 4.69) is 45.9 Å². The molecular weight excluding hydrogens is 242 g/mol. The number of hydrogen-bond acceptors (Lipinski definition) is 2. The Morgan fingerprint density at radius 2 is 2.00 bits per heavy atom.